The number of hydrogen-bond acceptors (Lipinski definition) is 12. The Balaban J connectivity index is 1.59. The molecule has 1 aliphatic heterocycles. The summed E-state index contributed by atoms with van der Waals surface area (Å²) in [4.78, 5) is 12.7. The van der Waals surface area contributed by atoms with E-state index in [-0.39, 0.29) is 17.2 Å². The minimum Gasteiger partial charge on any atom is -0.508 e. The lowest BCUT2D eigenvalue weighted by molar-refractivity contribution is -0.276. The number of carbonyl (C=O) groups is 1. The van der Waals surface area contributed by atoms with Crippen LogP contribution >= 0.6 is 0 Å². The molecule has 1 fully saturated rings. The highest BCUT2D eigenvalue weighted by Gasteiger charge is 2.48. The van der Waals surface area contributed by atoms with Gasteiger partial charge < -0.3 is 55.1 Å². The fraction of sp³-hybridized carbons (Fsp3) is 0.222. The van der Waals surface area contributed by atoms with Crippen molar-refractivity contribution in [2.45, 2.75) is 30.7 Å². The molecule has 5 atom stereocenters. The molecule has 12 heteroatoms. The largest absolute Gasteiger partial charge is 0.508 e. The van der Waals surface area contributed by atoms with Crippen molar-refractivity contribution in [1.82, 2.24) is 0 Å². The first-order valence-electron chi connectivity index (χ1n) is 11.6. The van der Waals surface area contributed by atoms with Crippen LogP contribution < -0.4 is 4.74 Å². The summed E-state index contributed by atoms with van der Waals surface area (Å²) in [5.41, 5.74) is 0.846. The van der Waals surface area contributed by atoms with Crippen molar-refractivity contribution >= 4 is 18.1 Å². The van der Waals surface area contributed by atoms with Crippen LogP contribution in [0.15, 0.2) is 54.6 Å². The summed E-state index contributed by atoms with van der Waals surface area (Å²) in [6.07, 6.45) is -4.68. The van der Waals surface area contributed by atoms with E-state index in [2.05, 4.69) is 0 Å². The molecule has 0 unspecified atom stereocenters. The number of aromatic hydroxyl groups is 5. The van der Waals surface area contributed by atoms with Crippen molar-refractivity contribution in [1.29, 1.82) is 0 Å². The van der Waals surface area contributed by atoms with E-state index in [4.69, 9.17) is 14.2 Å². The van der Waals surface area contributed by atoms with Gasteiger partial charge in [0.2, 0.25) is 6.29 Å². The van der Waals surface area contributed by atoms with Gasteiger partial charge in [-0.05, 0) is 47.5 Å². The van der Waals surface area contributed by atoms with E-state index >= 15 is 0 Å². The summed E-state index contributed by atoms with van der Waals surface area (Å²) < 4.78 is 16.6. The zero-order chi connectivity index (χ0) is 28.3. The Morgan fingerprint density at radius 2 is 1.46 bits per heavy atom. The van der Waals surface area contributed by atoms with E-state index < -0.39 is 66.1 Å². The van der Waals surface area contributed by atoms with Gasteiger partial charge in [0.25, 0.3) is 0 Å². The number of esters is 1. The summed E-state index contributed by atoms with van der Waals surface area (Å²) in [5, 5.41) is 79.1. The summed E-state index contributed by atoms with van der Waals surface area (Å²) in [6, 6.07) is 12.2. The minimum atomic E-state index is -1.80. The average molecular weight is 542 g/mol. The van der Waals surface area contributed by atoms with Crippen LogP contribution in [-0.2, 0) is 9.47 Å². The molecule has 3 aromatic rings. The summed E-state index contributed by atoms with van der Waals surface area (Å²) in [6.45, 7) is -0.709. The Labute approximate surface area is 221 Å². The summed E-state index contributed by atoms with van der Waals surface area (Å²) >= 11 is 0. The lowest BCUT2D eigenvalue weighted by atomic mass is 9.99. The molecule has 0 saturated carbocycles. The Kier molecular flexibility index (Phi) is 8.12. The number of hydrogen-bond donors (Lipinski definition) is 8. The van der Waals surface area contributed by atoms with Crippen molar-refractivity contribution in [2.75, 3.05) is 6.61 Å². The number of phenols is 5. The second-order valence-electron chi connectivity index (χ2n) is 8.74. The molecule has 1 saturated heterocycles. The fourth-order valence-corrected chi connectivity index (χ4v) is 3.87. The van der Waals surface area contributed by atoms with E-state index in [1.54, 1.807) is 24.3 Å². The third-order valence-electron chi connectivity index (χ3n) is 5.90. The first-order chi connectivity index (χ1) is 18.5. The van der Waals surface area contributed by atoms with Crippen LogP contribution in [0.25, 0.3) is 12.2 Å². The molecule has 0 bridgehead atoms. The van der Waals surface area contributed by atoms with Crippen molar-refractivity contribution in [3.8, 4) is 34.5 Å². The molecule has 0 spiro atoms. The van der Waals surface area contributed by atoms with Crippen LogP contribution in [0, 0.1) is 0 Å². The number of carbonyl (C=O) groups excluding carboxylic acids is 1. The SMILES string of the molecule is O=C(O[C@@H]1[C@H](Oc2cc(O)cc(/C=C/c3ccc(O)cc3)c2)O[C@@H](CO)[C@H](O)[C@H]1O)c1cc(O)c(O)c(O)c1. The molecule has 0 amide bonds. The zero-order valence-electron chi connectivity index (χ0n) is 20.2. The maximum atomic E-state index is 12.7. The number of rotatable bonds is 7. The number of aliphatic hydroxyl groups is 3. The van der Waals surface area contributed by atoms with Gasteiger partial charge >= 0.3 is 5.97 Å². The highest BCUT2D eigenvalue weighted by Crippen LogP contribution is 2.36. The lowest BCUT2D eigenvalue weighted by Crippen LogP contribution is -2.61. The molecule has 8 N–H and O–H groups in total. The van der Waals surface area contributed by atoms with E-state index in [1.807, 2.05) is 0 Å². The van der Waals surface area contributed by atoms with Crippen molar-refractivity contribution < 1.29 is 59.9 Å². The third-order valence-corrected chi connectivity index (χ3v) is 5.90. The standard InChI is InChI=1S/C27H26O12/c28-12-21-23(34)24(35)25(39-26(36)15-9-19(31)22(33)20(32)10-15)27(38-21)37-18-8-14(7-17(30)11-18)2-1-13-3-5-16(29)6-4-13/h1-11,21,23-25,27-35H,12H2/b2-1+/t21-,23-,24+,25-,27+/m0/s1. The van der Waals surface area contributed by atoms with Crippen molar-refractivity contribution in [3.05, 3.63) is 71.3 Å². The van der Waals surface area contributed by atoms with Gasteiger partial charge in [-0.3, -0.25) is 0 Å². The Morgan fingerprint density at radius 1 is 0.821 bits per heavy atom. The zero-order valence-corrected chi connectivity index (χ0v) is 20.2. The highest BCUT2D eigenvalue weighted by atomic mass is 16.7. The normalized spacial score (nSPS) is 23.0. The number of ether oxygens (including phenoxy) is 3. The van der Waals surface area contributed by atoms with Crippen LogP contribution in [0.3, 0.4) is 0 Å². The molecule has 4 rings (SSSR count). The molecular formula is C27H26O12. The van der Waals surface area contributed by atoms with Crippen molar-refractivity contribution in [3.63, 3.8) is 0 Å². The van der Waals surface area contributed by atoms with Gasteiger partial charge in [0, 0.05) is 6.07 Å². The second-order valence-corrected chi connectivity index (χ2v) is 8.74. The smallest absolute Gasteiger partial charge is 0.339 e. The average Bonchev–Trinajstić information content (AvgIpc) is 2.90. The van der Waals surface area contributed by atoms with Gasteiger partial charge in [-0.1, -0.05) is 24.3 Å². The van der Waals surface area contributed by atoms with Gasteiger partial charge in [0.1, 0.15) is 35.6 Å². The predicted octanol–water partition coefficient (Wildman–Crippen LogP) is 1.43. The first kappa shape index (κ1) is 27.5. The van der Waals surface area contributed by atoms with Gasteiger partial charge in [-0.15, -0.1) is 0 Å². The number of aliphatic hydroxyl groups excluding tert-OH is 3. The monoisotopic (exact) mass is 542 g/mol. The van der Waals surface area contributed by atoms with E-state index in [0.29, 0.717) is 5.56 Å². The van der Waals surface area contributed by atoms with Crippen LogP contribution in [0.5, 0.6) is 34.5 Å². The molecular weight excluding hydrogens is 516 g/mol. The molecule has 0 aliphatic carbocycles. The second kappa shape index (κ2) is 11.5. The van der Waals surface area contributed by atoms with Crippen LogP contribution in [0.2, 0.25) is 0 Å². The molecule has 1 aliphatic rings. The lowest BCUT2D eigenvalue weighted by Gasteiger charge is -2.41. The van der Waals surface area contributed by atoms with Gasteiger partial charge in [0.15, 0.2) is 23.4 Å². The molecule has 39 heavy (non-hydrogen) atoms. The van der Waals surface area contributed by atoms with Gasteiger partial charge in [-0.2, -0.15) is 0 Å². The quantitative estimate of drug-likeness (QED) is 0.121. The highest BCUT2D eigenvalue weighted by molar-refractivity contribution is 5.91. The molecule has 0 aromatic heterocycles. The first-order valence-corrected chi connectivity index (χ1v) is 11.6. The Bertz CT molecular complexity index is 1330. The van der Waals surface area contributed by atoms with Crippen LogP contribution in [0.4, 0.5) is 0 Å². The van der Waals surface area contributed by atoms with Crippen LogP contribution in [-0.4, -0.2) is 84.1 Å². The Hall–Kier alpha value is -4.49. The molecule has 206 valence electrons. The van der Waals surface area contributed by atoms with E-state index in [1.165, 1.54) is 30.3 Å². The predicted molar refractivity (Wildman–Crippen MR) is 134 cm³/mol. The van der Waals surface area contributed by atoms with Crippen LogP contribution in [0.1, 0.15) is 21.5 Å². The third kappa shape index (κ3) is 6.33. The maximum Gasteiger partial charge on any atom is 0.339 e. The summed E-state index contributed by atoms with van der Waals surface area (Å²) in [7, 11) is 0. The van der Waals surface area contributed by atoms with Gasteiger partial charge in [-0.25, -0.2) is 4.79 Å². The number of benzene rings is 3. The number of phenolic OH excluding ortho intramolecular Hbond substituents is 5. The molecule has 1 heterocycles. The molecule has 0 radical (unpaired) electrons. The maximum absolute atomic E-state index is 12.7. The molecule has 3 aromatic carbocycles. The topological polar surface area (TPSA) is 207 Å². The van der Waals surface area contributed by atoms with E-state index in [0.717, 1.165) is 17.7 Å². The van der Waals surface area contributed by atoms with Crippen molar-refractivity contribution in [2.24, 2.45) is 0 Å². The minimum absolute atomic E-state index is 0.0200. The molecule has 12 nitrogen and oxygen atoms in total. The van der Waals surface area contributed by atoms with Gasteiger partial charge in [0.05, 0.1) is 12.2 Å². The van der Waals surface area contributed by atoms with E-state index in [9.17, 15) is 45.6 Å². The Morgan fingerprint density at radius 3 is 2.10 bits per heavy atom. The summed E-state index contributed by atoms with van der Waals surface area (Å²) in [5.74, 6) is -3.70. The fourth-order valence-electron chi connectivity index (χ4n) is 3.87.